The Morgan fingerprint density at radius 1 is 1.62 bits per heavy atom. The minimum atomic E-state index is -0.759. The van der Waals surface area contributed by atoms with Crippen molar-refractivity contribution in [2.24, 2.45) is 10.5 Å². The Kier molecular flexibility index (Phi) is 3.46. The van der Waals surface area contributed by atoms with E-state index in [0.717, 1.165) is 6.29 Å². The van der Waals surface area contributed by atoms with Crippen molar-refractivity contribution in [1.82, 2.24) is 10.2 Å². The Labute approximate surface area is 93.6 Å². The number of hydrogen-bond donors (Lipinski definition) is 1. The van der Waals surface area contributed by atoms with Crippen LogP contribution in [-0.4, -0.2) is 41.3 Å². The van der Waals surface area contributed by atoms with Crippen LogP contribution in [0.5, 0.6) is 0 Å². The van der Waals surface area contributed by atoms with Gasteiger partial charge in [-0.05, 0) is 5.41 Å². The number of nitrogens with one attached hydrogen (secondary N) is 1. The zero-order valence-electron chi connectivity index (χ0n) is 9.64. The SMILES string of the molecule is CC(C)(C)C(C=O)N1CCNC1=N[N+](=O)[O-]. The number of guanidine groups is 1. The van der Waals surface area contributed by atoms with Gasteiger partial charge < -0.3 is 15.0 Å². The van der Waals surface area contributed by atoms with Crippen LogP contribution < -0.4 is 5.32 Å². The van der Waals surface area contributed by atoms with Gasteiger partial charge in [-0.25, -0.2) is 10.1 Å². The molecule has 1 unspecified atom stereocenters. The smallest absolute Gasteiger partial charge is 0.272 e. The van der Waals surface area contributed by atoms with Crippen LogP contribution >= 0.6 is 0 Å². The monoisotopic (exact) mass is 228 g/mol. The van der Waals surface area contributed by atoms with E-state index >= 15 is 0 Å². The molecule has 0 saturated carbocycles. The molecule has 1 rings (SSSR count). The number of hydrogen-bond acceptors (Lipinski definition) is 3. The van der Waals surface area contributed by atoms with Gasteiger partial charge in [-0.15, -0.1) is 0 Å². The first-order valence-electron chi connectivity index (χ1n) is 5.05. The number of carbonyl (C=O) groups excluding carboxylic acids is 1. The Morgan fingerprint density at radius 3 is 2.69 bits per heavy atom. The maximum atomic E-state index is 11.1. The third kappa shape index (κ3) is 2.68. The topological polar surface area (TPSA) is 87.8 Å². The Balaban J connectivity index is 2.93. The first kappa shape index (κ1) is 12.4. The quantitative estimate of drug-likeness (QED) is 0.419. The molecule has 1 heterocycles. The van der Waals surface area contributed by atoms with E-state index in [4.69, 9.17) is 0 Å². The number of nitrogens with zero attached hydrogens (tertiary/aromatic N) is 3. The van der Waals surface area contributed by atoms with Gasteiger partial charge in [0.15, 0.2) is 5.03 Å². The second-order valence-electron chi connectivity index (χ2n) is 4.73. The highest BCUT2D eigenvalue weighted by Gasteiger charge is 2.35. The third-order valence-corrected chi connectivity index (χ3v) is 2.44. The molecule has 1 saturated heterocycles. The predicted molar refractivity (Wildman–Crippen MR) is 58.4 cm³/mol. The van der Waals surface area contributed by atoms with E-state index in [9.17, 15) is 14.9 Å². The first-order valence-corrected chi connectivity index (χ1v) is 5.05. The maximum Gasteiger partial charge on any atom is 0.272 e. The van der Waals surface area contributed by atoms with Crippen LogP contribution in [0.4, 0.5) is 0 Å². The van der Waals surface area contributed by atoms with Crippen molar-refractivity contribution in [1.29, 1.82) is 0 Å². The molecule has 1 aliphatic heterocycles. The molecule has 1 aliphatic rings. The number of carbonyl (C=O) groups is 1. The molecule has 7 heteroatoms. The summed E-state index contributed by atoms with van der Waals surface area (Å²) in [5, 5.41) is 15.6. The van der Waals surface area contributed by atoms with E-state index in [-0.39, 0.29) is 11.4 Å². The van der Waals surface area contributed by atoms with E-state index in [1.165, 1.54) is 0 Å². The zero-order chi connectivity index (χ0) is 12.3. The van der Waals surface area contributed by atoms with Crippen LogP contribution in [0.25, 0.3) is 0 Å². The fourth-order valence-electron chi connectivity index (χ4n) is 1.68. The summed E-state index contributed by atoms with van der Waals surface area (Å²) in [6, 6.07) is -0.416. The van der Waals surface area contributed by atoms with E-state index in [2.05, 4.69) is 10.4 Å². The standard InChI is InChI=1S/C9H16N4O3/c1-9(2,3)7(6-14)12-5-4-10-8(12)11-13(15)16/h6-7H,4-5H2,1-3H3,(H,10,11). The van der Waals surface area contributed by atoms with Crippen LogP contribution in [-0.2, 0) is 4.79 Å². The highest BCUT2D eigenvalue weighted by Crippen LogP contribution is 2.24. The van der Waals surface area contributed by atoms with Gasteiger partial charge in [-0.2, -0.15) is 0 Å². The predicted octanol–water partition coefficient (Wildman–Crippen LogP) is 0.0529. The van der Waals surface area contributed by atoms with Crippen molar-refractivity contribution in [3.8, 4) is 0 Å². The maximum absolute atomic E-state index is 11.1. The first-order chi connectivity index (χ1) is 7.36. The Morgan fingerprint density at radius 2 is 2.25 bits per heavy atom. The van der Waals surface area contributed by atoms with Crippen molar-refractivity contribution in [2.45, 2.75) is 26.8 Å². The summed E-state index contributed by atoms with van der Waals surface area (Å²) < 4.78 is 0. The highest BCUT2D eigenvalue weighted by molar-refractivity contribution is 5.84. The molecule has 0 aliphatic carbocycles. The van der Waals surface area contributed by atoms with Gasteiger partial charge in [0.1, 0.15) is 11.4 Å². The third-order valence-electron chi connectivity index (χ3n) is 2.44. The minimum absolute atomic E-state index is 0.164. The van der Waals surface area contributed by atoms with Gasteiger partial charge in [-0.3, -0.25) is 0 Å². The molecular weight excluding hydrogens is 212 g/mol. The van der Waals surface area contributed by atoms with Gasteiger partial charge in [0.25, 0.3) is 5.96 Å². The van der Waals surface area contributed by atoms with E-state index < -0.39 is 11.1 Å². The van der Waals surface area contributed by atoms with E-state index in [1.54, 1.807) is 4.90 Å². The summed E-state index contributed by atoms with van der Waals surface area (Å²) in [6.07, 6.45) is 0.808. The highest BCUT2D eigenvalue weighted by atomic mass is 16.7. The average molecular weight is 228 g/mol. The number of rotatable bonds is 3. The largest absolute Gasteiger partial charge is 0.349 e. The lowest BCUT2D eigenvalue weighted by molar-refractivity contribution is -0.485. The van der Waals surface area contributed by atoms with Gasteiger partial charge in [-0.1, -0.05) is 20.8 Å². The molecule has 16 heavy (non-hydrogen) atoms. The van der Waals surface area contributed by atoms with Crippen molar-refractivity contribution in [2.75, 3.05) is 13.1 Å². The summed E-state index contributed by atoms with van der Waals surface area (Å²) in [5.74, 6) is 0.164. The van der Waals surface area contributed by atoms with Crippen LogP contribution in [0.1, 0.15) is 20.8 Å². The second-order valence-corrected chi connectivity index (χ2v) is 4.73. The fraction of sp³-hybridized carbons (Fsp3) is 0.778. The van der Waals surface area contributed by atoms with Crippen molar-refractivity contribution in [3.63, 3.8) is 0 Å². The molecule has 0 amide bonds. The van der Waals surface area contributed by atoms with Gasteiger partial charge in [0.05, 0.1) is 6.04 Å². The second kappa shape index (κ2) is 4.46. The Bertz CT molecular complexity index is 321. The Hall–Kier alpha value is -1.66. The number of aldehydes is 1. The number of nitro groups is 1. The molecule has 1 N–H and O–H groups in total. The summed E-state index contributed by atoms with van der Waals surface area (Å²) in [6.45, 7) is 6.84. The molecule has 0 spiro atoms. The summed E-state index contributed by atoms with van der Waals surface area (Å²) in [7, 11) is 0. The van der Waals surface area contributed by atoms with Gasteiger partial charge in [0.2, 0.25) is 0 Å². The van der Waals surface area contributed by atoms with E-state index in [0.29, 0.717) is 13.1 Å². The summed E-state index contributed by atoms with van der Waals surface area (Å²) in [5.41, 5.74) is -0.287. The van der Waals surface area contributed by atoms with Gasteiger partial charge in [0, 0.05) is 13.1 Å². The van der Waals surface area contributed by atoms with Crippen molar-refractivity contribution < 1.29 is 9.83 Å². The summed E-state index contributed by atoms with van der Waals surface area (Å²) >= 11 is 0. The molecular formula is C9H16N4O3. The molecule has 0 bridgehead atoms. The van der Waals surface area contributed by atoms with Crippen LogP contribution in [0, 0.1) is 15.5 Å². The number of hydrazone groups is 1. The van der Waals surface area contributed by atoms with Crippen molar-refractivity contribution in [3.05, 3.63) is 10.1 Å². The van der Waals surface area contributed by atoms with Gasteiger partial charge >= 0.3 is 0 Å². The fourth-order valence-corrected chi connectivity index (χ4v) is 1.68. The lowest BCUT2D eigenvalue weighted by Crippen LogP contribution is -2.47. The lowest BCUT2D eigenvalue weighted by Gasteiger charge is -2.33. The molecule has 1 atom stereocenters. The molecule has 0 aromatic heterocycles. The minimum Gasteiger partial charge on any atom is -0.349 e. The molecule has 7 nitrogen and oxygen atoms in total. The van der Waals surface area contributed by atoms with Crippen LogP contribution in [0.2, 0.25) is 0 Å². The zero-order valence-corrected chi connectivity index (χ0v) is 9.64. The average Bonchev–Trinajstić information content (AvgIpc) is 2.51. The lowest BCUT2D eigenvalue weighted by atomic mass is 9.87. The van der Waals surface area contributed by atoms with Crippen LogP contribution in [0.15, 0.2) is 5.10 Å². The normalized spacial score (nSPS) is 20.7. The van der Waals surface area contributed by atoms with Crippen LogP contribution in [0.3, 0.4) is 0 Å². The summed E-state index contributed by atoms with van der Waals surface area (Å²) in [4.78, 5) is 23.0. The van der Waals surface area contributed by atoms with E-state index in [1.807, 2.05) is 20.8 Å². The molecule has 0 aromatic carbocycles. The molecule has 90 valence electrons. The molecule has 0 aromatic rings. The molecule has 0 radical (unpaired) electrons. The molecule has 1 fully saturated rings. The van der Waals surface area contributed by atoms with Crippen molar-refractivity contribution >= 4 is 12.2 Å².